The van der Waals surface area contributed by atoms with Crippen LogP contribution in [0.15, 0.2) is 48.2 Å². The van der Waals surface area contributed by atoms with Crippen LogP contribution in [-0.4, -0.2) is 16.7 Å². The molecule has 0 spiro atoms. The van der Waals surface area contributed by atoms with Crippen LogP contribution in [0.4, 0.5) is 5.69 Å². The predicted molar refractivity (Wildman–Crippen MR) is 97.3 cm³/mol. The summed E-state index contributed by atoms with van der Waals surface area (Å²) < 4.78 is 0. The van der Waals surface area contributed by atoms with Gasteiger partial charge in [-0.3, -0.25) is 25.1 Å². The normalized spacial score (nSPS) is 11.0. The summed E-state index contributed by atoms with van der Waals surface area (Å²) in [6, 6.07) is 9.75. The molecule has 2 rings (SSSR count). The standard InChI is InChI=1S/C16H12Cl2N4O4/c17-10-4-5-12(13(18)8-10)15(23)20-14(16(24)21-19)7-9-2-1-3-11(6-9)22(25)26/h1-8H,19H2,(H,20,23)(H,21,24)/b14-7+. The maximum absolute atomic E-state index is 12.4. The van der Waals surface area contributed by atoms with E-state index in [0.717, 1.165) is 0 Å². The van der Waals surface area contributed by atoms with Crippen molar-refractivity contribution in [1.82, 2.24) is 10.7 Å². The Labute approximate surface area is 157 Å². The maximum atomic E-state index is 12.4. The molecule has 0 heterocycles. The summed E-state index contributed by atoms with van der Waals surface area (Å²) in [7, 11) is 0. The molecule has 0 atom stereocenters. The van der Waals surface area contributed by atoms with Gasteiger partial charge < -0.3 is 5.32 Å². The van der Waals surface area contributed by atoms with Gasteiger partial charge in [0.25, 0.3) is 17.5 Å². The number of nitrogens with one attached hydrogen (secondary N) is 2. The van der Waals surface area contributed by atoms with Crippen molar-refractivity contribution in [3.8, 4) is 0 Å². The van der Waals surface area contributed by atoms with Crippen LogP contribution in [-0.2, 0) is 4.79 Å². The largest absolute Gasteiger partial charge is 0.317 e. The smallest absolute Gasteiger partial charge is 0.281 e. The van der Waals surface area contributed by atoms with Crippen LogP contribution in [0.5, 0.6) is 0 Å². The fourth-order valence-electron chi connectivity index (χ4n) is 1.99. The molecule has 4 N–H and O–H groups in total. The molecule has 26 heavy (non-hydrogen) atoms. The molecule has 0 fully saturated rings. The zero-order chi connectivity index (χ0) is 19.3. The van der Waals surface area contributed by atoms with Gasteiger partial charge in [0.1, 0.15) is 5.70 Å². The Hall–Kier alpha value is -2.94. The van der Waals surface area contributed by atoms with Crippen molar-refractivity contribution in [2.24, 2.45) is 5.84 Å². The first-order valence-corrected chi connectivity index (χ1v) is 7.81. The average Bonchev–Trinajstić information content (AvgIpc) is 2.60. The van der Waals surface area contributed by atoms with Crippen LogP contribution >= 0.6 is 23.2 Å². The number of hydrazine groups is 1. The molecular weight excluding hydrogens is 383 g/mol. The van der Waals surface area contributed by atoms with E-state index in [1.54, 1.807) is 0 Å². The highest BCUT2D eigenvalue weighted by Crippen LogP contribution is 2.21. The van der Waals surface area contributed by atoms with Gasteiger partial charge in [-0.15, -0.1) is 0 Å². The summed E-state index contributed by atoms with van der Waals surface area (Å²) in [4.78, 5) is 34.6. The van der Waals surface area contributed by atoms with Crippen molar-refractivity contribution in [2.75, 3.05) is 0 Å². The molecule has 0 aromatic heterocycles. The number of nitrogens with zero attached hydrogens (tertiary/aromatic N) is 1. The van der Waals surface area contributed by atoms with Gasteiger partial charge in [0, 0.05) is 17.2 Å². The van der Waals surface area contributed by atoms with Crippen LogP contribution in [0.1, 0.15) is 15.9 Å². The number of nitrogens with two attached hydrogens (primary N) is 1. The Kier molecular flexibility index (Phi) is 6.29. The summed E-state index contributed by atoms with van der Waals surface area (Å²) in [6.07, 6.45) is 1.25. The first-order chi connectivity index (χ1) is 12.3. The van der Waals surface area contributed by atoms with E-state index in [9.17, 15) is 19.7 Å². The van der Waals surface area contributed by atoms with E-state index < -0.39 is 16.7 Å². The Bertz CT molecular complexity index is 915. The molecule has 2 aromatic carbocycles. The van der Waals surface area contributed by atoms with Crippen LogP contribution in [0.25, 0.3) is 6.08 Å². The number of benzene rings is 2. The summed E-state index contributed by atoms with van der Waals surface area (Å²) in [6.45, 7) is 0. The van der Waals surface area contributed by atoms with Gasteiger partial charge in [-0.1, -0.05) is 35.3 Å². The molecule has 134 valence electrons. The highest BCUT2D eigenvalue weighted by molar-refractivity contribution is 6.36. The number of carbonyl (C=O) groups excluding carboxylic acids is 2. The lowest BCUT2D eigenvalue weighted by Crippen LogP contribution is -2.38. The maximum Gasteiger partial charge on any atom is 0.281 e. The number of hydrogen-bond donors (Lipinski definition) is 3. The van der Waals surface area contributed by atoms with Gasteiger partial charge in [0.15, 0.2) is 0 Å². The summed E-state index contributed by atoms with van der Waals surface area (Å²) in [5.41, 5.74) is 1.92. The number of nitro groups is 1. The quantitative estimate of drug-likeness (QED) is 0.236. The fraction of sp³-hybridized carbons (Fsp3) is 0. The molecule has 0 saturated carbocycles. The van der Waals surface area contributed by atoms with Crippen molar-refractivity contribution in [2.45, 2.75) is 0 Å². The van der Waals surface area contributed by atoms with Crippen molar-refractivity contribution < 1.29 is 14.5 Å². The average molecular weight is 395 g/mol. The topological polar surface area (TPSA) is 127 Å². The molecule has 0 aliphatic carbocycles. The fourth-order valence-corrected chi connectivity index (χ4v) is 2.49. The number of non-ortho nitro benzene ring substituents is 1. The second-order valence-corrected chi connectivity index (χ2v) is 5.81. The lowest BCUT2D eigenvalue weighted by Gasteiger charge is -2.10. The lowest BCUT2D eigenvalue weighted by molar-refractivity contribution is -0.384. The molecule has 10 heteroatoms. The number of rotatable bonds is 5. The van der Waals surface area contributed by atoms with Gasteiger partial charge in [-0.05, 0) is 29.8 Å². The van der Waals surface area contributed by atoms with E-state index in [1.807, 2.05) is 5.43 Å². The van der Waals surface area contributed by atoms with Crippen LogP contribution in [0.3, 0.4) is 0 Å². The summed E-state index contributed by atoms with van der Waals surface area (Å²) in [5, 5.41) is 13.7. The van der Waals surface area contributed by atoms with Crippen LogP contribution < -0.4 is 16.6 Å². The minimum absolute atomic E-state index is 0.0887. The zero-order valence-corrected chi connectivity index (χ0v) is 14.5. The SMILES string of the molecule is NNC(=O)/C(=C\c1cccc([N+](=O)[O-])c1)NC(=O)c1ccc(Cl)cc1Cl. The van der Waals surface area contributed by atoms with Gasteiger partial charge in [0.2, 0.25) is 0 Å². The Balaban J connectivity index is 2.36. The highest BCUT2D eigenvalue weighted by Gasteiger charge is 2.16. The Morgan fingerprint density at radius 2 is 1.88 bits per heavy atom. The summed E-state index contributed by atoms with van der Waals surface area (Å²) >= 11 is 11.8. The molecule has 2 aromatic rings. The third-order valence-electron chi connectivity index (χ3n) is 3.19. The van der Waals surface area contributed by atoms with Crippen LogP contribution in [0, 0.1) is 10.1 Å². The second kappa shape index (κ2) is 8.43. The number of nitro benzene ring substituents is 1. The van der Waals surface area contributed by atoms with Gasteiger partial charge in [0.05, 0.1) is 15.5 Å². The molecular formula is C16H12Cl2N4O4. The second-order valence-electron chi connectivity index (χ2n) is 4.96. The Morgan fingerprint density at radius 1 is 1.15 bits per heavy atom. The first kappa shape index (κ1) is 19.4. The van der Waals surface area contributed by atoms with Crippen molar-refractivity contribution in [1.29, 1.82) is 0 Å². The molecule has 8 nitrogen and oxygen atoms in total. The monoisotopic (exact) mass is 394 g/mol. The minimum Gasteiger partial charge on any atom is -0.317 e. The van der Waals surface area contributed by atoms with E-state index in [1.165, 1.54) is 48.5 Å². The molecule has 0 radical (unpaired) electrons. The molecule has 0 saturated heterocycles. The highest BCUT2D eigenvalue weighted by atomic mass is 35.5. The van der Waals surface area contributed by atoms with E-state index in [2.05, 4.69) is 5.32 Å². The van der Waals surface area contributed by atoms with Gasteiger partial charge in [-0.25, -0.2) is 5.84 Å². The van der Waals surface area contributed by atoms with Gasteiger partial charge >= 0.3 is 0 Å². The predicted octanol–water partition coefficient (Wildman–Crippen LogP) is 2.66. The molecule has 2 amide bonds. The third-order valence-corrected chi connectivity index (χ3v) is 3.74. The van der Waals surface area contributed by atoms with E-state index >= 15 is 0 Å². The number of halogens is 2. The minimum atomic E-state index is -0.796. The molecule has 0 bridgehead atoms. The van der Waals surface area contributed by atoms with Gasteiger partial charge in [-0.2, -0.15) is 0 Å². The number of amides is 2. The molecule has 0 aliphatic heterocycles. The lowest BCUT2D eigenvalue weighted by atomic mass is 10.1. The molecule has 0 unspecified atom stereocenters. The van der Waals surface area contributed by atoms with Crippen molar-refractivity contribution >= 4 is 46.8 Å². The first-order valence-electron chi connectivity index (χ1n) is 7.05. The third kappa shape index (κ3) is 4.79. The zero-order valence-electron chi connectivity index (χ0n) is 13.0. The van der Waals surface area contributed by atoms with E-state index in [4.69, 9.17) is 29.0 Å². The van der Waals surface area contributed by atoms with Crippen LogP contribution in [0.2, 0.25) is 10.0 Å². The Morgan fingerprint density at radius 3 is 2.50 bits per heavy atom. The van der Waals surface area contributed by atoms with E-state index in [0.29, 0.717) is 10.6 Å². The molecule has 0 aliphatic rings. The number of hydrogen-bond acceptors (Lipinski definition) is 5. The van der Waals surface area contributed by atoms with E-state index in [-0.39, 0.29) is 22.0 Å². The summed E-state index contributed by atoms with van der Waals surface area (Å²) in [5.74, 6) is 3.66. The number of carbonyl (C=O) groups is 2. The van der Waals surface area contributed by atoms with Crippen molar-refractivity contribution in [3.05, 3.63) is 79.4 Å². The van der Waals surface area contributed by atoms with Crippen molar-refractivity contribution in [3.63, 3.8) is 0 Å².